The number of fused-ring (bicyclic) bond motifs is 1. The Kier molecular flexibility index (Phi) is 5.32. The highest BCUT2D eigenvalue weighted by molar-refractivity contribution is 7.89. The van der Waals surface area contributed by atoms with Gasteiger partial charge in [-0.2, -0.15) is 5.10 Å². The number of pyridine rings is 1. The molecule has 7 nitrogen and oxygen atoms in total. The topological polar surface area (TPSA) is 103 Å². The van der Waals surface area contributed by atoms with Gasteiger partial charge in [-0.05, 0) is 30.0 Å². The Balaban J connectivity index is 1.75. The van der Waals surface area contributed by atoms with Crippen LogP contribution in [0, 0.1) is 6.92 Å². The van der Waals surface area contributed by atoms with E-state index in [1.807, 2.05) is 31.2 Å². The summed E-state index contributed by atoms with van der Waals surface area (Å²) in [6, 6.07) is 9.10. The van der Waals surface area contributed by atoms with Crippen molar-refractivity contribution in [3.05, 3.63) is 53.3 Å². The molecule has 27 heavy (non-hydrogen) atoms. The molecule has 3 aromatic rings. The fraction of sp³-hybridized carbons (Fsp3) is 0.368. The van der Waals surface area contributed by atoms with Crippen LogP contribution in [-0.4, -0.2) is 29.7 Å². The molecule has 0 saturated carbocycles. The third-order valence-corrected chi connectivity index (χ3v) is 6.06. The first kappa shape index (κ1) is 19.5. The summed E-state index contributed by atoms with van der Waals surface area (Å²) < 4.78 is 29.5. The van der Waals surface area contributed by atoms with Gasteiger partial charge in [0, 0.05) is 31.2 Å². The maximum Gasteiger partial charge on any atom is 0.242 e. The first-order valence-corrected chi connectivity index (χ1v) is 10.3. The van der Waals surface area contributed by atoms with E-state index in [2.05, 4.69) is 28.7 Å². The first-order chi connectivity index (χ1) is 12.7. The lowest BCUT2D eigenvalue weighted by atomic mass is 9.99. The van der Waals surface area contributed by atoms with E-state index in [1.165, 1.54) is 11.8 Å². The molecule has 0 aliphatic heterocycles. The number of rotatable bonds is 6. The minimum absolute atomic E-state index is 0.105. The number of nitrogens with two attached hydrogens (primary N) is 1. The molecule has 1 unspecified atom stereocenters. The molecule has 144 valence electrons. The number of hydrogen-bond acceptors (Lipinski definition) is 5. The molecule has 0 aliphatic carbocycles. The maximum atomic E-state index is 12.6. The Morgan fingerprint density at radius 1 is 1.19 bits per heavy atom. The van der Waals surface area contributed by atoms with Crippen LogP contribution in [0.25, 0.3) is 11.0 Å². The van der Waals surface area contributed by atoms with Crippen molar-refractivity contribution in [3.63, 3.8) is 0 Å². The van der Waals surface area contributed by atoms with Crippen molar-refractivity contribution < 1.29 is 8.42 Å². The van der Waals surface area contributed by atoms with Crippen molar-refractivity contribution in [1.82, 2.24) is 19.5 Å². The van der Waals surface area contributed by atoms with Crippen LogP contribution in [0.3, 0.4) is 0 Å². The van der Waals surface area contributed by atoms with Crippen molar-refractivity contribution in [3.8, 4) is 0 Å². The Morgan fingerprint density at radius 3 is 2.44 bits per heavy atom. The van der Waals surface area contributed by atoms with Crippen molar-refractivity contribution in [2.75, 3.05) is 6.54 Å². The number of hydrogen-bond donors (Lipinski definition) is 2. The molecule has 2 aromatic heterocycles. The molecule has 1 aromatic carbocycles. The molecular weight excluding hydrogens is 362 g/mol. The third-order valence-electron chi connectivity index (χ3n) is 4.67. The van der Waals surface area contributed by atoms with Gasteiger partial charge in [-0.1, -0.05) is 38.1 Å². The van der Waals surface area contributed by atoms with Crippen molar-refractivity contribution >= 4 is 21.1 Å². The summed E-state index contributed by atoms with van der Waals surface area (Å²) in [4.78, 5) is 4.33. The van der Waals surface area contributed by atoms with Gasteiger partial charge in [-0.3, -0.25) is 4.68 Å². The normalized spacial score (nSPS) is 13.4. The Morgan fingerprint density at radius 2 is 1.81 bits per heavy atom. The summed E-state index contributed by atoms with van der Waals surface area (Å²) in [5.41, 5.74) is 9.66. The van der Waals surface area contributed by atoms with E-state index < -0.39 is 16.1 Å². The number of nitrogens with one attached hydrogen (secondary N) is 1. The highest BCUT2D eigenvalue weighted by Crippen LogP contribution is 2.20. The highest BCUT2D eigenvalue weighted by Gasteiger charge is 2.19. The zero-order chi connectivity index (χ0) is 19.8. The van der Waals surface area contributed by atoms with E-state index in [-0.39, 0.29) is 11.4 Å². The number of aromatic nitrogens is 3. The molecule has 0 bridgehead atoms. The fourth-order valence-corrected chi connectivity index (χ4v) is 3.99. The van der Waals surface area contributed by atoms with Crippen LogP contribution in [0.4, 0.5) is 0 Å². The molecule has 8 heteroatoms. The van der Waals surface area contributed by atoms with E-state index in [1.54, 1.807) is 17.8 Å². The second-order valence-electron chi connectivity index (χ2n) is 7.03. The molecule has 0 spiro atoms. The van der Waals surface area contributed by atoms with E-state index in [4.69, 9.17) is 5.73 Å². The first-order valence-electron chi connectivity index (χ1n) is 8.83. The van der Waals surface area contributed by atoms with Crippen LogP contribution in [0.1, 0.15) is 42.6 Å². The van der Waals surface area contributed by atoms with Crippen molar-refractivity contribution in [2.45, 2.75) is 37.6 Å². The summed E-state index contributed by atoms with van der Waals surface area (Å²) in [5, 5.41) is 4.98. The molecule has 3 N–H and O–H groups in total. The molecule has 0 amide bonds. The fourth-order valence-electron chi connectivity index (χ4n) is 2.96. The van der Waals surface area contributed by atoms with Crippen molar-refractivity contribution in [1.29, 1.82) is 0 Å². The SMILES string of the molecule is Cc1nn(C)c2ncc(S(=O)(=O)NCC(N)c3ccc(C(C)C)cc3)cc12. The Hall–Kier alpha value is -2.29. The predicted molar refractivity (Wildman–Crippen MR) is 106 cm³/mol. The molecule has 3 rings (SSSR count). The second kappa shape index (κ2) is 7.38. The summed E-state index contributed by atoms with van der Waals surface area (Å²) in [7, 11) is -1.94. The van der Waals surface area contributed by atoms with Crippen LogP contribution in [0.2, 0.25) is 0 Å². The number of benzene rings is 1. The smallest absolute Gasteiger partial charge is 0.242 e. The number of sulfonamides is 1. The standard InChI is InChI=1S/C19H25N5O2S/c1-12(2)14-5-7-15(8-6-14)18(20)11-22-27(25,26)16-9-17-13(3)23-24(4)19(17)21-10-16/h5-10,12,18,22H,11,20H2,1-4H3. The average Bonchev–Trinajstić information content (AvgIpc) is 2.93. The lowest BCUT2D eigenvalue weighted by Gasteiger charge is -2.15. The maximum absolute atomic E-state index is 12.6. The van der Waals surface area contributed by atoms with Crippen LogP contribution in [0.15, 0.2) is 41.4 Å². The van der Waals surface area contributed by atoms with Gasteiger partial charge >= 0.3 is 0 Å². The molecule has 0 aliphatic rings. The summed E-state index contributed by atoms with van der Waals surface area (Å²) in [5.74, 6) is 0.437. The largest absolute Gasteiger partial charge is 0.323 e. The van der Waals surface area contributed by atoms with Gasteiger partial charge in [-0.15, -0.1) is 0 Å². The van der Waals surface area contributed by atoms with Gasteiger partial charge in [0.25, 0.3) is 0 Å². The van der Waals surface area contributed by atoms with Gasteiger partial charge in [0.1, 0.15) is 4.90 Å². The summed E-state index contributed by atoms with van der Waals surface area (Å²) >= 11 is 0. The zero-order valence-electron chi connectivity index (χ0n) is 16.0. The number of nitrogens with zero attached hydrogens (tertiary/aromatic N) is 3. The van der Waals surface area contributed by atoms with Gasteiger partial charge < -0.3 is 5.73 Å². The zero-order valence-corrected chi connectivity index (χ0v) is 16.8. The molecule has 0 radical (unpaired) electrons. The van der Waals surface area contributed by atoms with E-state index in [0.717, 1.165) is 11.3 Å². The van der Waals surface area contributed by atoms with E-state index in [0.29, 0.717) is 17.0 Å². The van der Waals surface area contributed by atoms with Gasteiger partial charge in [0.05, 0.1) is 5.69 Å². The van der Waals surface area contributed by atoms with Crippen molar-refractivity contribution in [2.24, 2.45) is 12.8 Å². The van der Waals surface area contributed by atoms with Gasteiger partial charge in [-0.25, -0.2) is 18.1 Å². The average molecular weight is 388 g/mol. The second-order valence-corrected chi connectivity index (χ2v) is 8.80. The molecule has 1 atom stereocenters. The Labute approximate surface area is 159 Å². The predicted octanol–water partition coefficient (Wildman–Crippen LogP) is 2.38. The van der Waals surface area contributed by atoms with E-state index >= 15 is 0 Å². The molecule has 2 heterocycles. The summed E-state index contributed by atoms with van der Waals surface area (Å²) in [6.45, 7) is 6.17. The molecule has 0 fully saturated rings. The van der Waals surface area contributed by atoms with Crippen LogP contribution < -0.4 is 10.5 Å². The third kappa shape index (κ3) is 4.02. The summed E-state index contributed by atoms with van der Waals surface area (Å²) in [6.07, 6.45) is 1.34. The van der Waals surface area contributed by atoms with Gasteiger partial charge in [0.2, 0.25) is 10.0 Å². The quantitative estimate of drug-likeness (QED) is 0.676. The highest BCUT2D eigenvalue weighted by atomic mass is 32.2. The lowest BCUT2D eigenvalue weighted by molar-refractivity contribution is 0.572. The van der Waals surface area contributed by atoms with Crippen LogP contribution in [0.5, 0.6) is 0 Å². The minimum atomic E-state index is -3.71. The molecule has 0 saturated heterocycles. The lowest BCUT2D eigenvalue weighted by Crippen LogP contribution is -2.32. The number of aryl methyl sites for hydroxylation is 2. The van der Waals surface area contributed by atoms with E-state index in [9.17, 15) is 8.42 Å². The monoisotopic (exact) mass is 387 g/mol. The Bertz CT molecular complexity index is 1060. The van der Waals surface area contributed by atoms with Crippen LogP contribution in [-0.2, 0) is 17.1 Å². The minimum Gasteiger partial charge on any atom is -0.323 e. The van der Waals surface area contributed by atoms with Crippen LogP contribution >= 0.6 is 0 Å². The molecular formula is C19H25N5O2S. The van der Waals surface area contributed by atoms with Gasteiger partial charge in [0.15, 0.2) is 5.65 Å².